The van der Waals surface area contributed by atoms with E-state index in [2.05, 4.69) is 34.9 Å². The van der Waals surface area contributed by atoms with Crippen LogP contribution in [0.4, 0.5) is 0 Å². The van der Waals surface area contributed by atoms with E-state index in [0.717, 1.165) is 31.7 Å². The number of furan rings is 1. The molecule has 1 aromatic carbocycles. The summed E-state index contributed by atoms with van der Waals surface area (Å²) < 4.78 is 5.25. The lowest BCUT2D eigenvalue weighted by Crippen LogP contribution is -2.37. The Kier molecular flexibility index (Phi) is 5.44. The number of nitrogens with one attached hydrogen (secondary N) is 2. The van der Waals surface area contributed by atoms with Gasteiger partial charge in [0.05, 0.1) is 6.26 Å². The lowest BCUT2D eigenvalue weighted by molar-refractivity contribution is 0.507. The van der Waals surface area contributed by atoms with Gasteiger partial charge in [-0.05, 0) is 36.3 Å². The lowest BCUT2D eigenvalue weighted by atomic mass is 10.1. The Morgan fingerprint density at radius 2 is 1.68 bits per heavy atom. The highest BCUT2D eigenvalue weighted by molar-refractivity contribution is 7.80. The highest BCUT2D eigenvalue weighted by Crippen LogP contribution is 1.99. The van der Waals surface area contributed by atoms with Crippen molar-refractivity contribution in [1.29, 1.82) is 0 Å². The van der Waals surface area contributed by atoms with Crippen LogP contribution in [0.3, 0.4) is 0 Å². The van der Waals surface area contributed by atoms with Crippen LogP contribution in [0.1, 0.15) is 11.3 Å². The molecule has 1 heterocycles. The Hall–Kier alpha value is -1.81. The lowest BCUT2D eigenvalue weighted by Gasteiger charge is -2.09. The van der Waals surface area contributed by atoms with E-state index in [0.29, 0.717) is 5.11 Å². The van der Waals surface area contributed by atoms with Crippen LogP contribution in [0.2, 0.25) is 0 Å². The molecule has 3 nitrogen and oxygen atoms in total. The molecule has 2 N–H and O–H groups in total. The topological polar surface area (TPSA) is 37.2 Å². The highest BCUT2D eigenvalue weighted by atomic mass is 32.1. The first-order valence-corrected chi connectivity index (χ1v) is 6.83. The van der Waals surface area contributed by atoms with Crippen LogP contribution in [-0.4, -0.2) is 18.2 Å². The molecule has 0 aliphatic rings. The Morgan fingerprint density at radius 1 is 0.947 bits per heavy atom. The fourth-order valence-corrected chi connectivity index (χ4v) is 1.99. The van der Waals surface area contributed by atoms with Gasteiger partial charge in [0.1, 0.15) is 5.76 Å². The summed E-state index contributed by atoms with van der Waals surface area (Å²) in [6, 6.07) is 14.2. The Labute approximate surface area is 119 Å². The summed E-state index contributed by atoms with van der Waals surface area (Å²) in [4.78, 5) is 0. The quantitative estimate of drug-likeness (QED) is 0.794. The molecule has 0 spiro atoms. The van der Waals surface area contributed by atoms with E-state index < -0.39 is 0 Å². The van der Waals surface area contributed by atoms with E-state index >= 15 is 0 Å². The first-order chi connectivity index (χ1) is 9.34. The standard InChI is InChI=1S/C15H18N2OS/c19-15(17-11-9-14-7-4-12-18-14)16-10-8-13-5-2-1-3-6-13/h1-7,12H,8-11H2,(H2,16,17,19). The molecule has 0 fully saturated rings. The predicted molar refractivity (Wildman–Crippen MR) is 81.2 cm³/mol. The van der Waals surface area contributed by atoms with Gasteiger partial charge >= 0.3 is 0 Å². The maximum Gasteiger partial charge on any atom is 0.166 e. The van der Waals surface area contributed by atoms with Gasteiger partial charge in [-0.1, -0.05) is 30.3 Å². The van der Waals surface area contributed by atoms with Crippen molar-refractivity contribution >= 4 is 17.3 Å². The molecule has 0 bridgehead atoms. The Balaban J connectivity index is 1.57. The minimum atomic E-state index is 0.697. The molecule has 0 aliphatic heterocycles. The second-order valence-electron chi connectivity index (χ2n) is 4.25. The zero-order chi connectivity index (χ0) is 13.3. The van der Waals surface area contributed by atoms with Gasteiger partial charge in [0.2, 0.25) is 0 Å². The first kappa shape index (κ1) is 13.6. The molecule has 1 aromatic heterocycles. The molecule has 0 atom stereocenters. The molecular weight excluding hydrogens is 256 g/mol. The van der Waals surface area contributed by atoms with E-state index in [4.69, 9.17) is 16.6 Å². The largest absolute Gasteiger partial charge is 0.469 e. The smallest absolute Gasteiger partial charge is 0.166 e. The average molecular weight is 274 g/mol. The van der Waals surface area contributed by atoms with Crippen LogP contribution in [0.25, 0.3) is 0 Å². The van der Waals surface area contributed by atoms with Crippen molar-refractivity contribution in [2.45, 2.75) is 12.8 Å². The van der Waals surface area contributed by atoms with Crippen LogP contribution in [0.15, 0.2) is 53.1 Å². The van der Waals surface area contributed by atoms with E-state index in [-0.39, 0.29) is 0 Å². The molecule has 0 saturated heterocycles. The molecule has 2 rings (SSSR count). The van der Waals surface area contributed by atoms with E-state index in [1.165, 1.54) is 5.56 Å². The molecule has 0 unspecified atom stereocenters. The van der Waals surface area contributed by atoms with Gasteiger partial charge in [-0.2, -0.15) is 0 Å². The minimum absolute atomic E-state index is 0.697. The molecule has 100 valence electrons. The fraction of sp³-hybridized carbons (Fsp3) is 0.267. The third-order valence-corrected chi connectivity index (χ3v) is 3.07. The van der Waals surface area contributed by atoms with Crippen LogP contribution < -0.4 is 10.6 Å². The molecular formula is C15H18N2OS. The van der Waals surface area contributed by atoms with Crippen LogP contribution in [-0.2, 0) is 12.8 Å². The van der Waals surface area contributed by atoms with Crippen LogP contribution in [0.5, 0.6) is 0 Å². The van der Waals surface area contributed by atoms with Crippen molar-refractivity contribution in [3.05, 3.63) is 60.1 Å². The van der Waals surface area contributed by atoms with E-state index in [1.807, 2.05) is 18.2 Å². The monoisotopic (exact) mass is 274 g/mol. The number of thiocarbonyl (C=S) groups is 1. The second-order valence-corrected chi connectivity index (χ2v) is 4.66. The zero-order valence-corrected chi connectivity index (χ0v) is 11.6. The van der Waals surface area contributed by atoms with Crippen LogP contribution in [0, 0.1) is 0 Å². The number of hydrogen-bond acceptors (Lipinski definition) is 2. The molecule has 0 aliphatic carbocycles. The molecule has 2 aromatic rings. The highest BCUT2D eigenvalue weighted by Gasteiger charge is 1.98. The van der Waals surface area contributed by atoms with Gasteiger partial charge < -0.3 is 15.1 Å². The maximum atomic E-state index is 5.25. The summed E-state index contributed by atoms with van der Waals surface area (Å²) in [5.74, 6) is 0.972. The third kappa shape index (κ3) is 5.14. The number of rotatable bonds is 6. The maximum absolute atomic E-state index is 5.25. The summed E-state index contributed by atoms with van der Waals surface area (Å²) >= 11 is 5.21. The van der Waals surface area contributed by atoms with Crippen molar-refractivity contribution in [3.63, 3.8) is 0 Å². The van der Waals surface area contributed by atoms with Gasteiger partial charge in [0.25, 0.3) is 0 Å². The summed E-state index contributed by atoms with van der Waals surface area (Å²) in [5, 5.41) is 7.07. The van der Waals surface area contributed by atoms with E-state index in [1.54, 1.807) is 6.26 Å². The summed E-state index contributed by atoms with van der Waals surface area (Å²) in [6.07, 6.45) is 3.50. The summed E-state index contributed by atoms with van der Waals surface area (Å²) in [5.41, 5.74) is 1.31. The third-order valence-electron chi connectivity index (χ3n) is 2.78. The SMILES string of the molecule is S=C(NCCc1ccccc1)NCCc1ccco1. The van der Waals surface area contributed by atoms with Crippen LogP contribution >= 0.6 is 12.2 Å². The molecule has 0 saturated carbocycles. The van der Waals surface area contributed by atoms with Gasteiger partial charge in [0, 0.05) is 19.5 Å². The number of benzene rings is 1. The van der Waals surface area contributed by atoms with Gasteiger partial charge in [-0.3, -0.25) is 0 Å². The van der Waals surface area contributed by atoms with Gasteiger partial charge in [-0.25, -0.2) is 0 Å². The Morgan fingerprint density at radius 3 is 2.37 bits per heavy atom. The normalized spacial score (nSPS) is 10.1. The summed E-state index contributed by atoms with van der Waals surface area (Å²) in [7, 11) is 0. The van der Waals surface area contributed by atoms with Crippen molar-refractivity contribution in [1.82, 2.24) is 10.6 Å². The number of hydrogen-bond donors (Lipinski definition) is 2. The summed E-state index contributed by atoms with van der Waals surface area (Å²) in [6.45, 7) is 1.63. The molecule has 4 heteroatoms. The fourth-order valence-electron chi connectivity index (χ4n) is 1.78. The minimum Gasteiger partial charge on any atom is -0.469 e. The predicted octanol–water partition coefficient (Wildman–Crippen LogP) is 2.53. The Bertz CT molecular complexity index is 482. The van der Waals surface area contributed by atoms with Gasteiger partial charge in [0.15, 0.2) is 5.11 Å². The molecule has 0 amide bonds. The first-order valence-electron chi connectivity index (χ1n) is 6.42. The molecule has 0 radical (unpaired) electrons. The second kappa shape index (κ2) is 7.59. The van der Waals surface area contributed by atoms with Crippen molar-refractivity contribution in [2.75, 3.05) is 13.1 Å². The van der Waals surface area contributed by atoms with Crippen molar-refractivity contribution in [2.24, 2.45) is 0 Å². The van der Waals surface area contributed by atoms with Crippen molar-refractivity contribution < 1.29 is 4.42 Å². The molecule has 19 heavy (non-hydrogen) atoms. The van der Waals surface area contributed by atoms with Gasteiger partial charge in [-0.15, -0.1) is 0 Å². The zero-order valence-electron chi connectivity index (χ0n) is 10.8. The van der Waals surface area contributed by atoms with E-state index in [9.17, 15) is 0 Å². The van der Waals surface area contributed by atoms with Crippen molar-refractivity contribution in [3.8, 4) is 0 Å². The average Bonchev–Trinajstić information content (AvgIpc) is 2.93.